The first kappa shape index (κ1) is 38.6. The summed E-state index contributed by atoms with van der Waals surface area (Å²) in [6.45, 7) is 10.1. The fraction of sp³-hybridized carbons (Fsp3) is 0.658. The molecule has 1 amide bonds. The summed E-state index contributed by atoms with van der Waals surface area (Å²) >= 11 is 6.43. The maximum absolute atomic E-state index is 13.4. The van der Waals surface area contributed by atoms with E-state index in [-0.39, 0.29) is 23.4 Å². The Bertz CT molecular complexity index is 1320. The van der Waals surface area contributed by atoms with Gasteiger partial charge in [0.25, 0.3) is 5.91 Å². The second-order valence-corrected chi connectivity index (χ2v) is 15.3. The van der Waals surface area contributed by atoms with Crippen molar-refractivity contribution >= 4 is 34.2 Å². The van der Waals surface area contributed by atoms with E-state index in [9.17, 15) is 9.00 Å². The summed E-state index contributed by atoms with van der Waals surface area (Å²) in [6.07, 6.45) is 9.77. The molecule has 5 rings (SSSR count). The molecule has 48 heavy (non-hydrogen) atoms. The molecule has 0 bridgehead atoms. The predicted molar refractivity (Wildman–Crippen MR) is 198 cm³/mol. The first-order valence-corrected chi connectivity index (χ1v) is 19.7. The van der Waals surface area contributed by atoms with Crippen LogP contribution in [-0.4, -0.2) is 68.7 Å². The zero-order valence-electron chi connectivity index (χ0n) is 29.7. The lowest BCUT2D eigenvalue weighted by molar-refractivity contribution is -0.192. The van der Waals surface area contributed by atoms with Gasteiger partial charge in [-0.05, 0) is 106 Å². The van der Waals surface area contributed by atoms with Crippen molar-refractivity contribution < 1.29 is 23.2 Å². The minimum Gasteiger partial charge on any atom is -0.491 e. The molecule has 0 aromatic heterocycles. The van der Waals surface area contributed by atoms with Gasteiger partial charge in [-0.2, -0.15) is 0 Å². The van der Waals surface area contributed by atoms with E-state index in [0.717, 1.165) is 101 Å². The highest BCUT2D eigenvalue weighted by Gasteiger charge is 2.37. The number of unbranched alkanes of at least 4 members (excludes halogenated alkanes) is 1. The number of nitrogens with zero attached hydrogens (tertiary/aromatic N) is 1. The number of rotatable bonds is 14. The molecular formula is C38H58ClN3O5S. The van der Waals surface area contributed by atoms with E-state index >= 15 is 0 Å². The van der Waals surface area contributed by atoms with Gasteiger partial charge in [0.1, 0.15) is 16.7 Å². The standard InChI is InChI=1S/C36H51ClN2O5S.C2H7N/c1-4-7-10-31(6-3)45(41)38-36(40)27-13-16-34-33(20-27)39(22-28-12-11-25(28)21-35-42-17-8-18-43-35)23-29(24-44-34)32-15-14-30(37)19-26(32)9-5-2;1-3-2/h13-16,19-20,25,28-29,31,35H,4-12,17-18,21-24H2,1-3H3,(H,38,40);3H,1-2H3. The Labute approximate surface area is 296 Å². The van der Waals surface area contributed by atoms with Crippen molar-refractivity contribution in [3.8, 4) is 5.75 Å². The lowest BCUT2D eigenvalue weighted by atomic mass is 9.71. The second-order valence-electron chi connectivity index (χ2n) is 13.4. The number of amides is 1. The summed E-state index contributed by atoms with van der Waals surface area (Å²) in [5.41, 5.74) is 3.98. The number of halogens is 1. The molecule has 8 nitrogen and oxygen atoms in total. The van der Waals surface area contributed by atoms with Crippen molar-refractivity contribution in [2.75, 3.05) is 51.9 Å². The summed E-state index contributed by atoms with van der Waals surface area (Å²) < 4.78 is 34.2. The van der Waals surface area contributed by atoms with Gasteiger partial charge in [0.15, 0.2) is 6.29 Å². The monoisotopic (exact) mass is 703 g/mol. The number of hydrogen-bond donors (Lipinski definition) is 2. The van der Waals surface area contributed by atoms with Gasteiger partial charge in [-0.3, -0.25) is 9.52 Å². The fourth-order valence-electron chi connectivity index (χ4n) is 6.97. The Morgan fingerprint density at radius 3 is 2.46 bits per heavy atom. The molecule has 2 aliphatic heterocycles. The molecule has 1 saturated carbocycles. The zero-order valence-corrected chi connectivity index (χ0v) is 31.3. The summed E-state index contributed by atoms with van der Waals surface area (Å²) in [6, 6.07) is 11.9. The largest absolute Gasteiger partial charge is 0.491 e. The molecule has 10 heteroatoms. The van der Waals surface area contributed by atoms with E-state index in [1.807, 2.05) is 39.2 Å². The molecule has 5 unspecified atom stereocenters. The molecule has 2 aromatic rings. The minimum absolute atomic E-state index is 0.0420. The third-order valence-electron chi connectivity index (χ3n) is 9.76. The maximum atomic E-state index is 13.4. The van der Waals surface area contributed by atoms with Gasteiger partial charge in [-0.15, -0.1) is 0 Å². The van der Waals surface area contributed by atoms with E-state index in [2.05, 4.69) is 40.9 Å². The number of anilines is 1. The second kappa shape index (κ2) is 19.9. The van der Waals surface area contributed by atoms with Crippen LogP contribution in [0.15, 0.2) is 36.4 Å². The molecule has 1 aliphatic carbocycles. The van der Waals surface area contributed by atoms with E-state index in [1.165, 1.54) is 17.5 Å². The van der Waals surface area contributed by atoms with Gasteiger partial charge >= 0.3 is 0 Å². The smallest absolute Gasteiger partial charge is 0.263 e. The Morgan fingerprint density at radius 2 is 1.79 bits per heavy atom. The molecule has 268 valence electrons. The molecule has 0 radical (unpaired) electrons. The molecular weight excluding hydrogens is 646 g/mol. The SMILES string of the molecule is CCCCC(CC)S(=O)NC(=O)c1ccc2c(c1)N(CC1CCC1CC1OCCCO1)CC(c1ccc(Cl)cc1CCC)CO2.CNC. The maximum Gasteiger partial charge on any atom is 0.263 e. The molecule has 2 heterocycles. The number of aryl methyl sites for hydroxylation is 1. The Kier molecular flexibility index (Phi) is 16.0. The highest BCUT2D eigenvalue weighted by Crippen LogP contribution is 2.43. The Balaban J connectivity index is 0.00000167. The average Bonchev–Trinajstić information content (AvgIpc) is 3.26. The number of ether oxygens (including phenoxy) is 3. The molecule has 3 aliphatic rings. The quantitative estimate of drug-likeness (QED) is 0.209. The van der Waals surface area contributed by atoms with Crippen LogP contribution in [0.5, 0.6) is 5.75 Å². The predicted octanol–water partition coefficient (Wildman–Crippen LogP) is 7.65. The number of carbonyl (C=O) groups is 1. The van der Waals surface area contributed by atoms with Crippen molar-refractivity contribution in [2.24, 2.45) is 11.8 Å². The first-order chi connectivity index (χ1) is 23.3. The van der Waals surface area contributed by atoms with E-state index < -0.39 is 11.0 Å². The van der Waals surface area contributed by atoms with Crippen molar-refractivity contribution in [3.63, 3.8) is 0 Å². The number of hydrogen-bond acceptors (Lipinski definition) is 7. The van der Waals surface area contributed by atoms with Gasteiger partial charge in [-0.25, -0.2) is 4.21 Å². The van der Waals surface area contributed by atoms with Crippen LogP contribution in [0.4, 0.5) is 5.69 Å². The number of fused-ring (bicyclic) bond motifs is 1. The lowest BCUT2D eigenvalue weighted by Gasteiger charge is -2.42. The van der Waals surface area contributed by atoms with Crippen LogP contribution in [0.2, 0.25) is 5.02 Å². The summed E-state index contributed by atoms with van der Waals surface area (Å²) in [7, 11) is 2.32. The molecule has 0 spiro atoms. The average molecular weight is 704 g/mol. The molecule has 2 aromatic carbocycles. The topological polar surface area (TPSA) is 89.1 Å². The highest BCUT2D eigenvalue weighted by atomic mass is 35.5. The van der Waals surface area contributed by atoms with Gasteiger partial charge in [-0.1, -0.05) is 57.7 Å². The third kappa shape index (κ3) is 10.7. The summed E-state index contributed by atoms with van der Waals surface area (Å²) in [4.78, 5) is 15.9. The molecule has 2 fully saturated rings. The van der Waals surface area contributed by atoms with Gasteiger partial charge in [0, 0.05) is 36.0 Å². The van der Waals surface area contributed by atoms with Crippen LogP contribution in [0.1, 0.15) is 106 Å². The Morgan fingerprint density at radius 1 is 1.04 bits per heavy atom. The fourth-order valence-corrected chi connectivity index (χ4v) is 8.32. The Hall–Kier alpha value is -2.17. The van der Waals surface area contributed by atoms with Crippen LogP contribution in [0.3, 0.4) is 0 Å². The van der Waals surface area contributed by atoms with E-state index in [4.69, 9.17) is 25.8 Å². The van der Waals surface area contributed by atoms with Gasteiger partial charge in [0.2, 0.25) is 0 Å². The van der Waals surface area contributed by atoms with Crippen LogP contribution in [0, 0.1) is 11.8 Å². The summed E-state index contributed by atoms with van der Waals surface area (Å²) in [5, 5.41) is 3.47. The van der Waals surface area contributed by atoms with Crippen molar-refractivity contribution in [1.82, 2.24) is 10.0 Å². The molecule has 2 N–H and O–H groups in total. The number of carbonyl (C=O) groups excluding carboxylic acids is 1. The van der Waals surface area contributed by atoms with Crippen molar-refractivity contribution in [2.45, 2.75) is 102 Å². The van der Waals surface area contributed by atoms with Gasteiger partial charge < -0.3 is 24.4 Å². The van der Waals surface area contributed by atoms with Crippen LogP contribution in [-0.2, 0) is 26.9 Å². The number of benzene rings is 2. The van der Waals surface area contributed by atoms with Gasteiger partial charge in [0.05, 0.1) is 30.8 Å². The zero-order chi connectivity index (χ0) is 34.5. The summed E-state index contributed by atoms with van der Waals surface area (Å²) in [5.74, 6) is 1.66. The molecule has 5 atom stereocenters. The van der Waals surface area contributed by atoms with E-state index in [0.29, 0.717) is 24.0 Å². The first-order valence-electron chi connectivity index (χ1n) is 18.1. The normalized spacial score (nSPS) is 22.2. The van der Waals surface area contributed by atoms with E-state index in [1.54, 1.807) is 6.07 Å². The van der Waals surface area contributed by atoms with Crippen molar-refractivity contribution in [3.05, 3.63) is 58.1 Å². The van der Waals surface area contributed by atoms with Crippen LogP contribution in [0.25, 0.3) is 0 Å². The molecule has 1 saturated heterocycles. The lowest BCUT2D eigenvalue weighted by Crippen LogP contribution is -2.42. The van der Waals surface area contributed by atoms with Crippen molar-refractivity contribution in [1.29, 1.82) is 0 Å². The number of nitrogens with one attached hydrogen (secondary N) is 2. The van der Waals surface area contributed by atoms with Crippen LogP contribution >= 0.6 is 11.6 Å². The highest BCUT2D eigenvalue weighted by molar-refractivity contribution is 7.84. The minimum atomic E-state index is -1.43. The van der Waals surface area contributed by atoms with Crippen LogP contribution < -0.4 is 19.7 Å². The third-order valence-corrected chi connectivity index (χ3v) is 11.6.